The lowest BCUT2D eigenvalue weighted by Gasteiger charge is -2.18. The molecule has 0 saturated carbocycles. The van der Waals surface area contributed by atoms with Crippen molar-refractivity contribution in [2.75, 3.05) is 24.5 Å². The highest BCUT2D eigenvalue weighted by atomic mass is 16.3. The molecule has 1 aromatic carbocycles. The van der Waals surface area contributed by atoms with Crippen molar-refractivity contribution < 1.29 is 10.2 Å². The third-order valence-electron chi connectivity index (χ3n) is 3.32. The summed E-state index contributed by atoms with van der Waals surface area (Å²) in [7, 11) is 0. The van der Waals surface area contributed by atoms with Crippen LogP contribution in [0.2, 0.25) is 0 Å². The Morgan fingerprint density at radius 2 is 1.78 bits per heavy atom. The van der Waals surface area contributed by atoms with Crippen molar-refractivity contribution >= 4 is 5.69 Å². The first-order valence-electron chi connectivity index (χ1n) is 6.61. The van der Waals surface area contributed by atoms with E-state index in [2.05, 4.69) is 24.4 Å². The van der Waals surface area contributed by atoms with E-state index in [1.54, 1.807) is 0 Å². The molecule has 1 aromatic rings. The van der Waals surface area contributed by atoms with E-state index in [1.807, 2.05) is 17.0 Å². The molecule has 1 fully saturated rings. The predicted octanol–water partition coefficient (Wildman–Crippen LogP) is 0.728. The van der Waals surface area contributed by atoms with Crippen LogP contribution in [-0.2, 0) is 6.54 Å². The minimum absolute atomic E-state index is 0.509. The maximum atomic E-state index is 9.53. The molecule has 0 bridgehead atoms. The van der Waals surface area contributed by atoms with E-state index in [-0.39, 0.29) is 0 Å². The predicted molar refractivity (Wildman–Crippen MR) is 72.7 cm³/mol. The first-order chi connectivity index (χ1) is 8.70. The third kappa shape index (κ3) is 3.22. The molecule has 3 N–H and O–H groups in total. The quantitative estimate of drug-likeness (QED) is 0.674. The van der Waals surface area contributed by atoms with E-state index in [0.717, 1.165) is 25.2 Å². The molecule has 2 atom stereocenters. The summed E-state index contributed by atoms with van der Waals surface area (Å²) in [6.45, 7) is 5.09. The fourth-order valence-electron chi connectivity index (χ4n) is 2.21. The van der Waals surface area contributed by atoms with Crippen LogP contribution in [0.4, 0.5) is 5.69 Å². The van der Waals surface area contributed by atoms with Crippen LogP contribution in [0.25, 0.3) is 0 Å². The summed E-state index contributed by atoms with van der Waals surface area (Å²) < 4.78 is 0. The molecule has 4 heteroatoms. The lowest BCUT2D eigenvalue weighted by atomic mass is 10.2. The summed E-state index contributed by atoms with van der Waals surface area (Å²) in [4.78, 5) is 2.01. The molecule has 1 aliphatic heterocycles. The van der Waals surface area contributed by atoms with Gasteiger partial charge in [-0.15, -0.1) is 0 Å². The van der Waals surface area contributed by atoms with E-state index < -0.39 is 12.2 Å². The first kappa shape index (κ1) is 13.3. The zero-order valence-electron chi connectivity index (χ0n) is 10.8. The summed E-state index contributed by atoms with van der Waals surface area (Å²) in [5.74, 6) is 0. The Morgan fingerprint density at radius 1 is 1.17 bits per heavy atom. The number of aliphatic hydroxyl groups excluding tert-OH is 2. The standard InChI is InChI=1S/C14H22N2O2/c1-2-7-15-8-11-3-5-12(6-4-11)16-9-13(17)14(18)10-16/h3-6,13-15,17-18H,2,7-10H2,1H3. The van der Waals surface area contributed by atoms with E-state index in [0.29, 0.717) is 13.1 Å². The molecular formula is C14H22N2O2. The molecular weight excluding hydrogens is 228 g/mol. The Labute approximate surface area is 108 Å². The molecule has 2 unspecified atom stereocenters. The number of benzene rings is 1. The number of anilines is 1. The van der Waals surface area contributed by atoms with Crippen molar-refractivity contribution in [1.82, 2.24) is 5.32 Å². The van der Waals surface area contributed by atoms with Crippen LogP contribution in [0.1, 0.15) is 18.9 Å². The summed E-state index contributed by atoms with van der Waals surface area (Å²) in [6, 6.07) is 8.28. The van der Waals surface area contributed by atoms with Crippen molar-refractivity contribution in [3.8, 4) is 0 Å². The molecule has 0 amide bonds. The average molecular weight is 250 g/mol. The van der Waals surface area contributed by atoms with Gasteiger partial charge in [0.25, 0.3) is 0 Å². The van der Waals surface area contributed by atoms with Crippen molar-refractivity contribution in [2.45, 2.75) is 32.1 Å². The Hall–Kier alpha value is -1.10. The normalized spacial score (nSPS) is 23.6. The van der Waals surface area contributed by atoms with E-state index in [4.69, 9.17) is 0 Å². The average Bonchev–Trinajstić information content (AvgIpc) is 2.71. The van der Waals surface area contributed by atoms with Gasteiger partial charge in [0.15, 0.2) is 0 Å². The van der Waals surface area contributed by atoms with Crippen LogP contribution in [0.5, 0.6) is 0 Å². The van der Waals surface area contributed by atoms with Crippen molar-refractivity contribution in [2.24, 2.45) is 0 Å². The van der Waals surface area contributed by atoms with Crippen molar-refractivity contribution in [3.63, 3.8) is 0 Å². The van der Waals surface area contributed by atoms with Crippen molar-refractivity contribution in [3.05, 3.63) is 29.8 Å². The summed E-state index contributed by atoms with van der Waals surface area (Å²) in [5, 5.41) is 22.4. The van der Waals surface area contributed by atoms with Gasteiger partial charge >= 0.3 is 0 Å². The van der Waals surface area contributed by atoms with Crippen LogP contribution in [-0.4, -0.2) is 42.1 Å². The monoisotopic (exact) mass is 250 g/mol. The smallest absolute Gasteiger partial charge is 0.0990 e. The van der Waals surface area contributed by atoms with Gasteiger partial charge in [-0.3, -0.25) is 0 Å². The lowest BCUT2D eigenvalue weighted by molar-refractivity contribution is 0.0572. The molecule has 1 saturated heterocycles. The highest BCUT2D eigenvalue weighted by molar-refractivity contribution is 5.49. The Morgan fingerprint density at radius 3 is 2.33 bits per heavy atom. The molecule has 1 heterocycles. The molecule has 1 aliphatic rings. The molecule has 4 nitrogen and oxygen atoms in total. The fraction of sp³-hybridized carbons (Fsp3) is 0.571. The van der Waals surface area contributed by atoms with Crippen LogP contribution in [0, 0.1) is 0 Å². The summed E-state index contributed by atoms with van der Waals surface area (Å²) in [6.07, 6.45) is -0.117. The van der Waals surface area contributed by atoms with Gasteiger partial charge in [0.1, 0.15) is 0 Å². The van der Waals surface area contributed by atoms with Crippen LogP contribution < -0.4 is 10.2 Å². The molecule has 2 rings (SSSR count). The topological polar surface area (TPSA) is 55.7 Å². The molecule has 0 aromatic heterocycles. The van der Waals surface area contributed by atoms with Crippen LogP contribution in [0.3, 0.4) is 0 Å². The summed E-state index contributed by atoms with van der Waals surface area (Å²) >= 11 is 0. The van der Waals surface area contributed by atoms with Gasteiger partial charge in [0.05, 0.1) is 12.2 Å². The Bertz CT molecular complexity index is 357. The zero-order chi connectivity index (χ0) is 13.0. The van der Waals surface area contributed by atoms with E-state index in [1.165, 1.54) is 5.56 Å². The second-order valence-electron chi connectivity index (χ2n) is 4.88. The Balaban J connectivity index is 1.91. The maximum Gasteiger partial charge on any atom is 0.0990 e. The number of hydrogen-bond acceptors (Lipinski definition) is 4. The number of aliphatic hydroxyl groups is 2. The lowest BCUT2D eigenvalue weighted by Crippen LogP contribution is -2.22. The fourth-order valence-corrected chi connectivity index (χ4v) is 2.21. The molecule has 0 aliphatic carbocycles. The summed E-state index contributed by atoms with van der Waals surface area (Å²) in [5.41, 5.74) is 2.32. The largest absolute Gasteiger partial charge is 0.389 e. The van der Waals surface area contributed by atoms with Gasteiger partial charge in [0.2, 0.25) is 0 Å². The number of rotatable bonds is 5. The van der Waals surface area contributed by atoms with Gasteiger partial charge in [-0.1, -0.05) is 19.1 Å². The molecule has 100 valence electrons. The highest BCUT2D eigenvalue weighted by Gasteiger charge is 2.29. The minimum atomic E-state index is -0.629. The van der Waals surface area contributed by atoms with Crippen LogP contribution >= 0.6 is 0 Å². The van der Waals surface area contributed by atoms with Crippen LogP contribution in [0.15, 0.2) is 24.3 Å². The number of nitrogens with zero attached hydrogens (tertiary/aromatic N) is 1. The number of nitrogens with one attached hydrogen (secondary N) is 1. The second kappa shape index (κ2) is 6.18. The SMILES string of the molecule is CCCNCc1ccc(N2CC(O)C(O)C2)cc1. The van der Waals surface area contributed by atoms with Gasteiger partial charge < -0.3 is 20.4 Å². The van der Waals surface area contributed by atoms with Crippen molar-refractivity contribution in [1.29, 1.82) is 0 Å². The minimum Gasteiger partial charge on any atom is -0.389 e. The van der Waals surface area contributed by atoms with Gasteiger partial charge in [-0.25, -0.2) is 0 Å². The number of hydrogen-bond donors (Lipinski definition) is 3. The third-order valence-corrected chi connectivity index (χ3v) is 3.32. The molecule has 18 heavy (non-hydrogen) atoms. The Kier molecular flexibility index (Phi) is 4.58. The maximum absolute atomic E-state index is 9.53. The van der Waals surface area contributed by atoms with E-state index >= 15 is 0 Å². The molecule has 0 spiro atoms. The van der Waals surface area contributed by atoms with Gasteiger partial charge in [-0.05, 0) is 30.7 Å². The molecule has 0 radical (unpaired) electrons. The second-order valence-corrected chi connectivity index (χ2v) is 4.88. The van der Waals surface area contributed by atoms with E-state index in [9.17, 15) is 10.2 Å². The first-order valence-corrected chi connectivity index (χ1v) is 6.61. The van der Waals surface area contributed by atoms with Gasteiger partial charge in [0, 0.05) is 25.3 Å². The van der Waals surface area contributed by atoms with Gasteiger partial charge in [-0.2, -0.15) is 0 Å². The highest BCUT2D eigenvalue weighted by Crippen LogP contribution is 2.21. The zero-order valence-corrected chi connectivity index (χ0v) is 10.8. The number of β-amino-alcohol motifs (C(OH)–C–C–N with tert-alkyl or cyclic N) is 2.